The summed E-state index contributed by atoms with van der Waals surface area (Å²) in [6, 6.07) is 8.37. The molecule has 0 saturated carbocycles. The van der Waals surface area contributed by atoms with Gasteiger partial charge in [0.25, 0.3) is 0 Å². The van der Waals surface area contributed by atoms with E-state index in [2.05, 4.69) is 46.9 Å². The van der Waals surface area contributed by atoms with Gasteiger partial charge in [0.2, 0.25) is 0 Å². The molecule has 94 valence electrons. The lowest BCUT2D eigenvalue weighted by atomic mass is 9.80. The normalized spacial score (nSPS) is 28.0. The molecule has 1 atom stereocenters. The van der Waals surface area contributed by atoms with Crippen LogP contribution in [-0.4, -0.2) is 22.9 Å². The molecule has 1 aliphatic heterocycles. The van der Waals surface area contributed by atoms with E-state index in [1.54, 1.807) is 0 Å². The van der Waals surface area contributed by atoms with E-state index in [1.165, 1.54) is 9.13 Å². The summed E-state index contributed by atoms with van der Waals surface area (Å²) in [5.74, 6) is 0. The molecule has 1 fully saturated rings. The van der Waals surface area contributed by atoms with Gasteiger partial charge in [-0.05, 0) is 60.6 Å². The van der Waals surface area contributed by atoms with Crippen molar-refractivity contribution >= 4 is 22.6 Å². The quantitative estimate of drug-likeness (QED) is 0.834. The van der Waals surface area contributed by atoms with E-state index >= 15 is 0 Å². The van der Waals surface area contributed by atoms with Gasteiger partial charge in [0.1, 0.15) is 0 Å². The Bertz CT molecular complexity index is 386. The Morgan fingerprint density at radius 2 is 1.94 bits per heavy atom. The molecule has 2 rings (SSSR count). The van der Waals surface area contributed by atoms with Crippen molar-refractivity contribution in [1.29, 1.82) is 0 Å². The average Bonchev–Trinajstić information content (AvgIpc) is 2.19. The molecule has 1 aromatic carbocycles. The Hall–Kier alpha value is -0.130. The maximum absolute atomic E-state index is 10.6. The SMILES string of the molecule is CC1(C)CC(O)(Cc2ccc(I)cc2)CCO1. The van der Waals surface area contributed by atoms with Crippen LogP contribution in [0.15, 0.2) is 24.3 Å². The molecule has 1 heterocycles. The molecule has 0 amide bonds. The smallest absolute Gasteiger partial charge is 0.0737 e. The molecule has 0 bridgehead atoms. The molecular formula is C14H19IO2. The molecule has 0 spiro atoms. The molecule has 1 unspecified atom stereocenters. The molecule has 1 aromatic rings. The third kappa shape index (κ3) is 3.66. The largest absolute Gasteiger partial charge is 0.389 e. The van der Waals surface area contributed by atoms with Gasteiger partial charge in [0.05, 0.1) is 17.8 Å². The van der Waals surface area contributed by atoms with Crippen LogP contribution in [0, 0.1) is 3.57 Å². The molecule has 0 aliphatic carbocycles. The van der Waals surface area contributed by atoms with E-state index in [4.69, 9.17) is 4.74 Å². The highest BCUT2D eigenvalue weighted by molar-refractivity contribution is 14.1. The highest BCUT2D eigenvalue weighted by atomic mass is 127. The van der Waals surface area contributed by atoms with E-state index in [0.717, 1.165) is 12.8 Å². The molecule has 0 aromatic heterocycles. The summed E-state index contributed by atoms with van der Waals surface area (Å²) >= 11 is 2.29. The van der Waals surface area contributed by atoms with Gasteiger partial charge in [-0.15, -0.1) is 0 Å². The van der Waals surface area contributed by atoms with Crippen LogP contribution < -0.4 is 0 Å². The minimum Gasteiger partial charge on any atom is -0.389 e. The van der Waals surface area contributed by atoms with Gasteiger partial charge in [0, 0.05) is 16.4 Å². The first kappa shape index (κ1) is 13.3. The monoisotopic (exact) mass is 346 g/mol. The number of halogens is 1. The summed E-state index contributed by atoms with van der Waals surface area (Å²) < 4.78 is 6.88. The molecule has 2 nitrogen and oxygen atoms in total. The van der Waals surface area contributed by atoms with Gasteiger partial charge in [-0.2, -0.15) is 0 Å². The Kier molecular flexibility index (Phi) is 3.80. The number of hydrogen-bond acceptors (Lipinski definition) is 2. The van der Waals surface area contributed by atoms with Crippen molar-refractivity contribution in [2.24, 2.45) is 0 Å². The van der Waals surface area contributed by atoms with Crippen LogP contribution in [0.5, 0.6) is 0 Å². The van der Waals surface area contributed by atoms with Crippen molar-refractivity contribution in [2.45, 2.75) is 44.3 Å². The molecule has 3 heteroatoms. The second kappa shape index (κ2) is 4.86. The van der Waals surface area contributed by atoms with Gasteiger partial charge in [-0.1, -0.05) is 12.1 Å². The number of aliphatic hydroxyl groups is 1. The Balaban J connectivity index is 2.09. The molecule has 1 N–H and O–H groups in total. The zero-order chi connectivity index (χ0) is 12.5. The molecule has 1 saturated heterocycles. The van der Waals surface area contributed by atoms with Crippen LogP contribution in [0.1, 0.15) is 32.3 Å². The predicted molar refractivity (Wildman–Crippen MR) is 77.1 cm³/mol. The lowest BCUT2D eigenvalue weighted by molar-refractivity contribution is -0.143. The lowest BCUT2D eigenvalue weighted by Gasteiger charge is -2.41. The summed E-state index contributed by atoms with van der Waals surface area (Å²) in [4.78, 5) is 0. The van der Waals surface area contributed by atoms with Gasteiger partial charge in [-0.25, -0.2) is 0 Å². The summed E-state index contributed by atoms with van der Waals surface area (Å²) in [7, 11) is 0. The van der Waals surface area contributed by atoms with E-state index in [9.17, 15) is 5.11 Å². The second-order valence-corrected chi connectivity index (χ2v) is 6.81. The summed E-state index contributed by atoms with van der Waals surface area (Å²) in [5, 5.41) is 10.6. The summed E-state index contributed by atoms with van der Waals surface area (Å²) in [6.07, 6.45) is 2.14. The zero-order valence-electron chi connectivity index (χ0n) is 10.4. The standard InChI is InChI=1S/C14H19IO2/c1-13(2)10-14(16,7-8-17-13)9-11-3-5-12(15)6-4-11/h3-6,16H,7-10H2,1-2H3. The second-order valence-electron chi connectivity index (χ2n) is 5.56. The zero-order valence-corrected chi connectivity index (χ0v) is 12.5. The predicted octanol–water partition coefficient (Wildman–Crippen LogP) is 3.15. The van der Waals surface area contributed by atoms with Crippen LogP contribution >= 0.6 is 22.6 Å². The molecular weight excluding hydrogens is 327 g/mol. The van der Waals surface area contributed by atoms with Crippen LogP contribution in [0.3, 0.4) is 0 Å². The highest BCUT2D eigenvalue weighted by Gasteiger charge is 2.39. The topological polar surface area (TPSA) is 29.5 Å². The van der Waals surface area contributed by atoms with Gasteiger partial charge >= 0.3 is 0 Å². The number of rotatable bonds is 2. The lowest BCUT2D eigenvalue weighted by Crippen LogP contribution is -2.47. The first-order valence-corrected chi connectivity index (χ1v) is 7.07. The molecule has 0 radical (unpaired) electrons. The highest BCUT2D eigenvalue weighted by Crippen LogP contribution is 2.34. The third-order valence-electron chi connectivity index (χ3n) is 3.26. The Morgan fingerprint density at radius 1 is 1.29 bits per heavy atom. The van der Waals surface area contributed by atoms with Gasteiger partial charge < -0.3 is 9.84 Å². The van der Waals surface area contributed by atoms with Gasteiger partial charge in [0.15, 0.2) is 0 Å². The van der Waals surface area contributed by atoms with Crippen molar-refractivity contribution in [3.05, 3.63) is 33.4 Å². The minimum atomic E-state index is -0.617. The van der Waals surface area contributed by atoms with Crippen molar-refractivity contribution < 1.29 is 9.84 Å². The van der Waals surface area contributed by atoms with Crippen LogP contribution in [0.25, 0.3) is 0 Å². The third-order valence-corrected chi connectivity index (χ3v) is 3.98. The fourth-order valence-corrected chi connectivity index (χ4v) is 2.94. The van der Waals surface area contributed by atoms with E-state index in [1.807, 2.05) is 13.8 Å². The molecule has 17 heavy (non-hydrogen) atoms. The number of hydrogen-bond donors (Lipinski definition) is 1. The van der Waals surface area contributed by atoms with Crippen LogP contribution in [0.2, 0.25) is 0 Å². The van der Waals surface area contributed by atoms with Crippen molar-refractivity contribution in [1.82, 2.24) is 0 Å². The fourth-order valence-electron chi connectivity index (χ4n) is 2.58. The number of ether oxygens (including phenoxy) is 1. The van der Waals surface area contributed by atoms with Crippen LogP contribution in [-0.2, 0) is 11.2 Å². The average molecular weight is 346 g/mol. The fraction of sp³-hybridized carbons (Fsp3) is 0.571. The maximum atomic E-state index is 10.6. The van der Waals surface area contributed by atoms with Crippen LogP contribution in [0.4, 0.5) is 0 Å². The number of benzene rings is 1. The Morgan fingerprint density at radius 3 is 2.53 bits per heavy atom. The van der Waals surface area contributed by atoms with Crippen molar-refractivity contribution in [2.75, 3.05) is 6.61 Å². The van der Waals surface area contributed by atoms with Crippen molar-refractivity contribution in [3.63, 3.8) is 0 Å². The minimum absolute atomic E-state index is 0.212. The summed E-state index contributed by atoms with van der Waals surface area (Å²) in [6.45, 7) is 4.74. The van der Waals surface area contributed by atoms with E-state index in [0.29, 0.717) is 13.0 Å². The Labute approximate surface area is 117 Å². The van der Waals surface area contributed by atoms with E-state index in [-0.39, 0.29) is 5.60 Å². The van der Waals surface area contributed by atoms with Crippen molar-refractivity contribution in [3.8, 4) is 0 Å². The van der Waals surface area contributed by atoms with Gasteiger partial charge in [-0.3, -0.25) is 0 Å². The molecule has 1 aliphatic rings. The summed E-state index contributed by atoms with van der Waals surface area (Å²) in [5.41, 5.74) is 0.371. The first-order valence-electron chi connectivity index (χ1n) is 5.99. The van der Waals surface area contributed by atoms with E-state index < -0.39 is 5.60 Å². The maximum Gasteiger partial charge on any atom is 0.0737 e. The first-order chi connectivity index (χ1) is 7.89.